The van der Waals surface area contributed by atoms with Crippen molar-refractivity contribution in [2.24, 2.45) is 10.8 Å². The predicted molar refractivity (Wildman–Crippen MR) is 68.7 cm³/mol. The lowest BCUT2D eigenvalue weighted by Crippen LogP contribution is -2.29. The summed E-state index contributed by atoms with van der Waals surface area (Å²) in [6.45, 7) is 0. The quantitative estimate of drug-likeness (QED) is 0.454. The summed E-state index contributed by atoms with van der Waals surface area (Å²) in [5, 5.41) is 10.1. The van der Waals surface area contributed by atoms with Gasteiger partial charge in [-0.2, -0.15) is 0 Å². The molecular weight excluding hydrogens is 228 g/mol. The average Bonchev–Trinajstić information content (AvgIpc) is 2.54. The van der Waals surface area contributed by atoms with Gasteiger partial charge in [-0.15, -0.1) is 5.26 Å². The molecule has 0 atom stereocenters. The molecular formula is C13H14N4O. The third-order valence-electron chi connectivity index (χ3n) is 2.75. The number of hydrogen-bond donors (Lipinski definition) is 1. The van der Waals surface area contributed by atoms with Crippen LogP contribution < -0.4 is 5.84 Å². The van der Waals surface area contributed by atoms with Gasteiger partial charge in [0.15, 0.2) is 0 Å². The van der Waals surface area contributed by atoms with Crippen LogP contribution in [-0.4, -0.2) is 18.3 Å². The average molecular weight is 242 g/mol. The van der Waals surface area contributed by atoms with Crippen molar-refractivity contribution in [3.63, 3.8) is 0 Å². The lowest BCUT2D eigenvalue weighted by atomic mass is 9.99. The van der Waals surface area contributed by atoms with Crippen molar-refractivity contribution in [3.8, 4) is 6.26 Å². The second-order valence-electron chi connectivity index (χ2n) is 3.99. The van der Waals surface area contributed by atoms with Crippen molar-refractivity contribution >= 4 is 6.21 Å². The van der Waals surface area contributed by atoms with Crippen LogP contribution in [0.3, 0.4) is 0 Å². The predicted octanol–water partition coefficient (Wildman–Crippen LogP) is 1.75. The number of hydrazine groups is 1. The molecule has 0 spiro atoms. The van der Waals surface area contributed by atoms with Gasteiger partial charge in [-0.3, -0.25) is 10.0 Å². The molecule has 0 unspecified atom stereocenters. The van der Waals surface area contributed by atoms with Crippen LogP contribution in [0.5, 0.6) is 0 Å². The first-order valence-corrected chi connectivity index (χ1v) is 5.57. The third kappa shape index (κ3) is 2.50. The molecule has 0 aromatic carbocycles. The fraction of sp³-hybridized carbons (Fsp3) is 0.231. The van der Waals surface area contributed by atoms with Crippen molar-refractivity contribution in [3.05, 3.63) is 47.0 Å². The Hall–Kier alpha value is -2.32. The summed E-state index contributed by atoms with van der Waals surface area (Å²) in [6.07, 6.45) is 12.3. The Labute approximate surface area is 106 Å². The summed E-state index contributed by atoms with van der Waals surface area (Å²) >= 11 is 0. The standard InChI is InChI=1S/C13H14N4O/c1-16-7-10-6-11-2-3-12(18-9-14)4-5-13(11)17(15)8-10/h2-3,5,7-8H,4,6,15H2,1H3. The lowest BCUT2D eigenvalue weighted by molar-refractivity contribution is 0.366. The Bertz CT molecular complexity index is 532. The largest absolute Gasteiger partial charge is 0.392 e. The highest BCUT2D eigenvalue weighted by Gasteiger charge is 2.18. The first-order chi connectivity index (χ1) is 8.74. The van der Waals surface area contributed by atoms with Gasteiger partial charge in [-0.05, 0) is 17.2 Å². The molecule has 0 aromatic heterocycles. The molecule has 1 heterocycles. The van der Waals surface area contributed by atoms with E-state index in [1.165, 1.54) is 0 Å². The van der Waals surface area contributed by atoms with Crippen LogP contribution in [-0.2, 0) is 4.74 Å². The zero-order chi connectivity index (χ0) is 13.0. The van der Waals surface area contributed by atoms with E-state index in [-0.39, 0.29) is 0 Å². The number of fused-ring (bicyclic) bond motifs is 1. The molecule has 0 saturated carbocycles. The van der Waals surface area contributed by atoms with Crippen LogP contribution in [0.25, 0.3) is 0 Å². The van der Waals surface area contributed by atoms with Crippen LogP contribution in [0.15, 0.2) is 52.0 Å². The fourth-order valence-corrected chi connectivity index (χ4v) is 1.99. The Morgan fingerprint density at radius 3 is 3.11 bits per heavy atom. The number of hydrogen-bond acceptors (Lipinski definition) is 5. The molecule has 5 nitrogen and oxygen atoms in total. The second-order valence-corrected chi connectivity index (χ2v) is 3.99. The molecule has 1 aliphatic heterocycles. The molecule has 2 rings (SSSR count). The first kappa shape index (κ1) is 12.1. The van der Waals surface area contributed by atoms with E-state index in [1.807, 2.05) is 24.4 Å². The lowest BCUT2D eigenvalue weighted by Gasteiger charge is -2.26. The molecule has 1 aliphatic carbocycles. The van der Waals surface area contributed by atoms with Gasteiger partial charge >= 0.3 is 0 Å². The number of nitriles is 1. The van der Waals surface area contributed by atoms with Gasteiger partial charge in [0.25, 0.3) is 6.26 Å². The molecule has 2 N–H and O–H groups in total. The van der Waals surface area contributed by atoms with E-state index in [2.05, 4.69) is 4.99 Å². The zero-order valence-electron chi connectivity index (χ0n) is 10.1. The molecule has 92 valence electrons. The van der Waals surface area contributed by atoms with Crippen molar-refractivity contribution in [1.82, 2.24) is 5.01 Å². The number of ether oxygens (including phenoxy) is 1. The fourth-order valence-electron chi connectivity index (χ4n) is 1.99. The third-order valence-corrected chi connectivity index (χ3v) is 2.75. The van der Waals surface area contributed by atoms with Gasteiger partial charge in [0, 0.05) is 32.3 Å². The molecule has 5 heteroatoms. The van der Waals surface area contributed by atoms with Crippen LogP contribution >= 0.6 is 0 Å². The minimum atomic E-state index is 0.557. The second kappa shape index (κ2) is 5.34. The highest BCUT2D eigenvalue weighted by molar-refractivity contribution is 5.80. The van der Waals surface area contributed by atoms with Gasteiger partial charge in [0.05, 0.1) is 5.70 Å². The molecule has 0 radical (unpaired) electrons. The summed E-state index contributed by atoms with van der Waals surface area (Å²) in [4.78, 5) is 3.99. The van der Waals surface area contributed by atoms with Gasteiger partial charge in [-0.25, -0.2) is 5.84 Å². The molecule has 18 heavy (non-hydrogen) atoms. The van der Waals surface area contributed by atoms with E-state index < -0.39 is 0 Å². The maximum atomic E-state index is 8.52. The van der Waals surface area contributed by atoms with E-state index >= 15 is 0 Å². The van der Waals surface area contributed by atoms with Crippen LogP contribution in [0.4, 0.5) is 0 Å². The van der Waals surface area contributed by atoms with E-state index in [0.717, 1.165) is 23.3 Å². The molecule has 0 bridgehead atoms. The van der Waals surface area contributed by atoms with Gasteiger partial charge in [-0.1, -0.05) is 12.2 Å². The molecule has 0 saturated heterocycles. The molecule has 0 fully saturated rings. The summed E-state index contributed by atoms with van der Waals surface area (Å²) in [7, 11) is 1.73. The van der Waals surface area contributed by atoms with E-state index in [1.54, 1.807) is 24.5 Å². The zero-order valence-corrected chi connectivity index (χ0v) is 10.1. The van der Waals surface area contributed by atoms with Crippen LogP contribution in [0.1, 0.15) is 12.8 Å². The maximum Gasteiger partial charge on any atom is 0.291 e. The summed E-state index contributed by atoms with van der Waals surface area (Å²) in [6, 6.07) is 0. The minimum Gasteiger partial charge on any atom is -0.392 e. The maximum absolute atomic E-state index is 8.52. The van der Waals surface area contributed by atoms with Gasteiger partial charge in [0.2, 0.25) is 0 Å². The van der Waals surface area contributed by atoms with Crippen molar-refractivity contribution in [1.29, 1.82) is 5.26 Å². The number of aliphatic imine (C=N–C) groups is 1. The summed E-state index contributed by atoms with van der Waals surface area (Å²) in [5.41, 5.74) is 3.07. The molecule has 2 aliphatic rings. The van der Waals surface area contributed by atoms with E-state index in [9.17, 15) is 0 Å². The van der Waals surface area contributed by atoms with Crippen LogP contribution in [0, 0.1) is 11.5 Å². The Morgan fingerprint density at radius 2 is 2.39 bits per heavy atom. The number of nitrogens with two attached hydrogens (primary N) is 1. The summed E-state index contributed by atoms with van der Waals surface area (Å²) < 4.78 is 4.85. The smallest absolute Gasteiger partial charge is 0.291 e. The highest BCUT2D eigenvalue weighted by atomic mass is 16.5. The van der Waals surface area contributed by atoms with Crippen molar-refractivity contribution in [2.75, 3.05) is 7.05 Å². The van der Waals surface area contributed by atoms with E-state index in [0.29, 0.717) is 12.2 Å². The van der Waals surface area contributed by atoms with Crippen LogP contribution in [0.2, 0.25) is 0 Å². The Kier molecular flexibility index (Phi) is 3.60. The number of allylic oxidation sites excluding steroid dienone is 5. The SMILES string of the molecule is CN=CC1=CN(N)C2=CCC(OC#N)=CC=C2C1. The minimum absolute atomic E-state index is 0.557. The van der Waals surface area contributed by atoms with Crippen molar-refractivity contribution in [2.45, 2.75) is 12.8 Å². The highest BCUT2D eigenvalue weighted by Crippen LogP contribution is 2.29. The number of nitrogens with zero attached hydrogens (tertiary/aromatic N) is 3. The normalized spacial score (nSPS) is 19.1. The molecule has 0 aromatic rings. The monoisotopic (exact) mass is 242 g/mol. The summed E-state index contributed by atoms with van der Waals surface area (Å²) in [5.74, 6) is 6.57. The Morgan fingerprint density at radius 1 is 1.56 bits per heavy atom. The topological polar surface area (TPSA) is 74.6 Å². The molecule has 0 amide bonds. The van der Waals surface area contributed by atoms with Gasteiger partial charge in [0.1, 0.15) is 5.76 Å². The first-order valence-electron chi connectivity index (χ1n) is 5.57. The number of rotatable bonds is 2. The van der Waals surface area contributed by atoms with Gasteiger partial charge < -0.3 is 4.74 Å². The Balaban J connectivity index is 2.30. The van der Waals surface area contributed by atoms with E-state index in [4.69, 9.17) is 15.8 Å². The van der Waals surface area contributed by atoms with Crippen molar-refractivity contribution < 1.29 is 4.74 Å².